The van der Waals surface area contributed by atoms with Crippen LogP contribution in [0.5, 0.6) is 0 Å². The number of halogens is 1. The quantitative estimate of drug-likeness (QED) is 0.877. The predicted molar refractivity (Wildman–Crippen MR) is 86.7 cm³/mol. The third-order valence-electron chi connectivity index (χ3n) is 2.65. The lowest BCUT2D eigenvalue weighted by Crippen LogP contribution is -2.31. The minimum atomic E-state index is -0.169. The van der Waals surface area contributed by atoms with Crippen molar-refractivity contribution >= 4 is 34.6 Å². The number of rotatable bonds is 2. The van der Waals surface area contributed by atoms with Gasteiger partial charge in [-0.15, -0.1) is 0 Å². The highest BCUT2D eigenvalue weighted by Gasteiger charge is 2.19. The molecule has 1 aromatic carbocycles. The van der Waals surface area contributed by atoms with Gasteiger partial charge in [-0.1, -0.05) is 41.6 Å². The molecule has 0 bridgehead atoms. The Morgan fingerprint density at radius 1 is 1.32 bits per heavy atom. The molecular formula is C15H17ClN2S. The Hall–Kier alpha value is -1.19. The summed E-state index contributed by atoms with van der Waals surface area (Å²) in [5.74, 6) is 0. The molecule has 0 saturated carbocycles. The molecule has 4 heteroatoms. The summed E-state index contributed by atoms with van der Waals surface area (Å²) in [7, 11) is 0. The molecule has 2 nitrogen and oxygen atoms in total. The maximum Gasteiger partial charge on any atom is 0.161 e. The van der Waals surface area contributed by atoms with Gasteiger partial charge in [-0.05, 0) is 50.0 Å². The van der Waals surface area contributed by atoms with E-state index >= 15 is 0 Å². The second-order valence-corrected chi connectivity index (χ2v) is 6.12. The van der Waals surface area contributed by atoms with E-state index in [4.69, 9.17) is 11.6 Å². The van der Waals surface area contributed by atoms with Gasteiger partial charge in [-0.2, -0.15) is 0 Å². The van der Waals surface area contributed by atoms with Gasteiger partial charge in [0.2, 0.25) is 0 Å². The Labute approximate surface area is 123 Å². The summed E-state index contributed by atoms with van der Waals surface area (Å²) in [5.41, 5.74) is 1.97. The van der Waals surface area contributed by atoms with Gasteiger partial charge in [0.05, 0.1) is 5.54 Å². The van der Waals surface area contributed by atoms with E-state index in [2.05, 4.69) is 36.3 Å². The van der Waals surface area contributed by atoms with Crippen LogP contribution in [0.15, 0.2) is 47.1 Å². The molecule has 100 valence electrons. The molecule has 19 heavy (non-hydrogen) atoms. The Balaban J connectivity index is 2.17. The van der Waals surface area contributed by atoms with Crippen molar-refractivity contribution in [2.45, 2.75) is 19.4 Å². The molecular weight excluding hydrogens is 276 g/mol. The van der Waals surface area contributed by atoms with Gasteiger partial charge in [0.1, 0.15) is 0 Å². The fraction of sp³-hybridized carbons (Fsp3) is 0.267. The van der Waals surface area contributed by atoms with Crippen LogP contribution >= 0.6 is 23.4 Å². The van der Waals surface area contributed by atoms with Crippen LogP contribution in [-0.2, 0) is 0 Å². The molecule has 0 atom stereocenters. The minimum Gasteiger partial charge on any atom is -0.335 e. The van der Waals surface area contributed by atoms with Gasteiger partial charge in [0.15, 0.2) is 5.17 Å². The van der Waals surface area contributed by atoms with Gasteiger partial charge in [0.25, 0.3) is 0 Å². The van der Waals surface area contributed by atoms with E-state index in [1.807, 2.05) is 36.6 Å². The van der Waals surface area contributed by atoms with Crippen molar-refractivity contribution in [3.8, 4) is 0 Å². The fourth-order valence-electron chi connectivity index (χ4n) is 1.84. The van der Waals surface area contributed by atoms with Crippen LogP contribution in [0.1, 0.15) is 19.4 Å². The molecule has 1 N–H and O–H groups in total. The molecule has 1 aliphatic rings. The van der Waals surface area contributed by atoms with Crippen LogP contribution in [0, 0.1) is 0 Å². The van der Waals surface area contributed by atoms with E-state index in [-0.39, 0.29) is 5.54 Å². The Bertz CT molecular complexity index is 559. The fourth-order valence-corrected chi connectivity index (χ4v) is 2.59. The normalized spacial score (nSPS) is 17.9. The van der Waals surface area contributed by atoms with Gasteiger partial charge in [-0.3, -0.25) is 4.99 Å². The van der Waals surface area contributed by atoms with Crippen molar-refractivity contribution in [2.24, 2.45) is 4.99 Å². The zero-order valence-corrected chi connectivity index (χ0v) is 12.8. The number of nitrogens with zero attached hydrogens (tertiary/aromatic N) is 1. The Morgan fingerprint density at radius 3 is 2.79 bits per heavy atom. The number of aliphatic imine (C=N–C) groups is 1. The van der Waals surface area contributed by atoms with Crippen LogP contribution in [-0.4, -0.2) is 17.0 Å². The second-order valence-electron chi connectivity index (χ2n) is 4.89. The van der Waals surface area contributed by atoms with Crippen LogP contribution < -0.4 is 5.32 Å². The predicted octanol–water partition coefficient (Wildman–Crippen LogP) is 4.34. The summed E-state index contributed by atoms with van der Waals surface area (Å²) in [6, 6.07) is 7.79. The summed E-state index contributed by atoms with van der Waals surface area (Å²) in [4.78, 5) is 4.59. The zero-order valence-electron chi connectivity index (χ0n) is 11.3. The standard InChI is InChI=1S/C15H17ClN2S/c1-15(2)10-13(17-14(18-15)19-3)8-7-11-5-4-6-12(16)9-11/h4-10H,1-3H3,(H,17,18). The first-order valence-corrected chi connectivity index (χ1v) is 7.66. The molecule has 0 aliphatic carbocycles. The summed E-state index contributed by atoms with van der Waals surface area (Å²) in [6.07, 6.45) is 8.24. The maximum atomic E-state index is 5.97. The SMILES string of the molecule is CSC1=NC(C)(C)C=C(C=Cc2cccc(Cl)c2)N1. The van der Waals surface area contributed by atoms with Crippen molar-refractivity contribution in [1.29, 1.82) is 0 Å². The van der Waals surface area contributed by atoms with E-state index in [9.17, 15) is 0 Å². The van der Waals surface area contributed by atoms with Gasteiger partial charge in [-0.25, -0.2) is 0 Å². The summed E-state index contributed by atoms with van der Waals surface area (Å²) in [5, 5.41) is 4.99. The largest absolute Gasteiger partial charge is 0.335 e. The molecule has 1 aliphatic heterocycles. The average Bonchev–Trinajstić information content (AvgIpc) is 2.34. The monoisotopic (exact) mass is 292 g/mol. The number of allylic oxidation sites excluding steroid dienone is 1. The average molecular weight is 293 g/mol. The first kappa shape index (κ1) is 14.2. The van der Waals surface area contributed by atoms with Gasteiger partial charge >= 0.3 is 0 Å². The van der Waals surface area contributed by atoms with Crippen molar-refractivity contribution in [3.63, 3.8) is 0 Å². The highest BCUT2D eigenvalue weighted by Crippen LogP contribution is 2.21. The Kier molecular flexibility index (Phi) is 4.38. The van der Waals surface area contributed by atoms with Crippen molar-refractivity contribution in [3.05, 3.63) is 52.7 Å². The first-order chi connectivity index (χ1) is 8.98. The van der Waals surface area contributed by atoms with Crippen LogP contribution in [0.25, 0.3) is 6.08 Å². The van der Waals surface area contributed by atoms with Crippen molar-refractivity contribution in [2.75, 3.05) is 6.26 Å². The third kappa shape index (κ3) is 4.15. The molecule has 2 rings (SSSR count). The van der Waals surface area contributed by atoms with E-state index in [1.54, 1.807) is 11.8 Å². The second kappa shape index (κ2) is 5.85. The van der Waals surface area contributed by atoms with Crippen LogP contribution in [0.4, 0.5) is 0 Å². The maximum absolute atomic E-state index is 5.97. The molecule has 0 radical (unpaired) electrons. The first-order valence-electron chi connectivity index (χ1n) is 6.06. The smallest absolute Gasteiger partial charge is 0.161 e. The molecule has 0 unspecified atom stereocenters. The number of hydrogen-bond donors (Lipinski definition) is 1. The highest BCUT2D eigenvalue weighted by atomic mass is 35.5. The number of hydrogen-bond acceptors (Lipinski definition) is 3. The molecule has 1 aromatic rings. The number of benzene rings is 1. The Morgan fingerprint density at radius 2 is 2.11 bits per heavy atom. The number of nitrogens with one attached hydrogen (secondary N) is 1. The van der Waals surface area contributed by atoms with E-state index < -0.39 is 0 Å². The lowest BCUT2D eigenvalue weighted by molar-refractivity contribution is 0.639. The topological polar surface area (TPSA) is 24.4 Å². The minimum absolute atomic E-state index is 0.169. The molecule has 0 fully saturated rings. The lowest BCUT2D eigenvalue weighted by Gasteiger charge is -2.24. The molecule has 1 heterocycles. The summed E-state index contributed by atoms with van der Waals surface area (Å²) < 4.78 is 0. The zero-order chi connectivity index (χ0) is 13.9. The number of amidine groups is 1. The van der Waals surface area contributed by atoms with E-state index in [0.717, 1.165) is 21.5 Å². The van der Waals surface area contributed by atoms with Crippen LogP contribution in [0.3, 0.4) is 0 Å². The van der Waals surface area contributed by atoms with Gasteiger partial charge in [0, 0.05) is 10.7 Å². The van der Waals surface area contributed by atoms with Crippen molar-refractivity contribution in [1.82, 2.24) is 5.32 Å². The lowest BCUT2D eigenvalue weighted by atomic mass is 10.0. The van der Waals surface area contributed by atoms with Crippen LogP contribution in [0.2, 0.25) is 5.02 Å². The summed E-state index contributed by atoms with van der Waals surface area (Å²) in [6.45, 7) is 4.19. The molecule has 0 aromatic heterocycles. The van der Waals surface area contributed by atoms with E-state index in [1.165, 1.54) is 0 Å². The van der Waals surface area contributed by atoms with Crippen molar-refractivity contribution < 1.29 is 0 Å². The molecule has 0 saturated heterocycles. The third-order valence-corrected chi connectivity index (χ3v) is 3.46. The molecule has 0 amide bonds. The summed E-state index contributed by atoms with van der Waals surface area (Å²) >= 11 is 7.59. The van der Waals surface area contributed by atoms with E-state index in [0.29, 0.717) is 0 Å². The molecule has 0 spiro atoms. The number of thioether (sulfide) groups is 1. The highest BCUT2D eigenvalue weighted by molar-refractivity contribution is 8.13. The van der Waals surface area contributed by atoms with Gasteiger partial charge < -0.3 is 5.32 Å².